The molecule has 0 spiro atoms. The van der Waals surface area contributed by atoms with Crippen LogP contribution >= 0.6 is 0 Å². The third-order valence-electron chi connectivity index (χ3n) is 4.17. The van der Waals surface area contributed by atoms with Crippen molar-refractivity contribution in [3.8, 4) is 11.5 Å². The Morgan fingerprint density at radius 1 is 1.04 bits per heavy atom. The molecule has 2 aromatic carbocycles. The van der Waals surface area contributed by atoms with E-state index in [1.54, 1.807) is 19.2 Å². The molecule has 136 valence electrons. The quantitative estimate of drug-likeness (QED) is 0.456. The Kier molecular flexibility index (Phi) is 5.92. The molecule has 5 heteroatoms. The number of benzene rings is 2. The maximum Gasteiger partial charge on any atom is 0.336 e. The van der Waals surface area contributed by atoms with Crippen LogP contribution in [-0.4, -0.2) is 32.2 Å². The van der Waals surface area contributed by atoms with E-state index in [0.29, 0.717) is 24.5 Å². The van der Waals surface area contributed by atoms with Gasteiger partial charge in [0.1, 0.15) is 17.1 Å². The fourth-order valence-electron chi connectivity index (χ4n) is 2.88. The SMILES string of the molecule is COc1ccc2c(CN(C)CCCOc3ccccc3)cc(=O)oc2c1. The molecule has 0 saturated heterocycles. The molecule has 3 aromatic rings. The van der Waals surface area contributed by atoms with Gasteiger partial charge >= 0.3 is 5.63 Å². The molecule has 26 heavy (non-hydrogen) atoms. The second-order valence-electron chi connectivity index (χ2n) is 6.21. The molecular formula is C21H23NO4. The van der Waals surface area contributed by atoms with E-state index in [1.165, 1.54) is 0 Å². The first-order chi connectivity index (χ1) is 12.7. The van der Waals surface area contributed by atoms with Gasteiger partial charge in [-0.05, 0) is 43.3 Å². The van der Waals surface area contributed by atoms with Gasteiger partial charge in [0.2, 0.25) is 0 Å². The van der Waals surface area contributed by atoms with Gasteiger partial charge in [0.25, 0.3) is 0 Å². The van der Waals surface area contributed by atoms with Crippen molar-refractivity contribution in [3.63, 3.8) is 0 Å². The minimum absolute atomic E-state index is 0.346. The van der Waals surface area contributed by atoms with Crippen LogP contribution in [0.2, 0.25) is 0 Å². The molecule has 0 radical (unpaired) electrons. The first kappa shape index (κ1) is 18.0. The second kappa shape index (κ2) is 8.54. The molecule has 0 N–H and O–H groups in total. The third-order valence-corrected chi connectivity index (χ3v) is 4.17. The topological polar surface area (TPSA) is 51.9 Å². The summed E-state index contributed by atoms with van der Waals surface area (Å²) in [6.45, 7) is 2.19. The average Bonchev–Trinajstić information content (AvgIpc) is 2.65. The number of fused-ring (bicyclic) bond motifs is 1. The molecule has 0 amide bonds. The van der Waals surface area contributed by atoms with Crippen molar-refractivity contribution in [1.82, 2.24) is 4.90 Å². The molecule has 0 aliphatic carbocycles. The van der Waals surface area contributed by atoms with E-state index in [9.17, 15) is 4.79 Å². The Hall–Kier alpha value is -2.79. The lowest BCUT2D eigenvalue weighted by molar-refractivity contribution is 0.259. The highest BCUT2D eigenvalue weighted by Crippen LogP contribution is 2.23. The number of hydrogen-bond donors (Lipinski definition) is 0. The summed E-state index contributed by atoms with van der Waals surface area (Å²) in [5.74, 6) is 1.56. The molecule has 5 nitrogen and oxygen atoms in total. The van der Waals surface area contributed by atoms with Gasteiger partial charge in [-0.25, -0.2) is 4.79 Å². The van der Waals surface area contributed by atoms with Crippen molar-refractivity contribution in [2.45, 2.75) is 13.0 Å². The maximum absolute atomic E-state index is 11.9. The molecule has 0 aliphatic heterocycles. The zero-order chi connectivity index (χ0) is 18.4. The highest BCUT2D eigenvalue weighted by Gasteiger charge is 2.09. The normalized spacial score (nSPS) is 11.0. The standard InChI is InChI=1S/C21H23NO4/c1-22(11-6-12-25-17-7-4-3-5-8-17)15-16-13-21(23)26-20-14-18(24-2)9-10-19(16)20/h3-5,7-10,13-14H,6,11-12,15H2,1-2H3. The molecule has 3 rings (SSSR count). The zero-order valence-corrected chi connectivity index (χ0v) is 15.1. The second-order valence-corrected chi connectivity index (χ2v) is 6.21. The summed E-state index contributed by atoms with van der Waals surface area (Å²) in [5.41, 5.74) is 1.15. The summed E-state index contributed by atoms with van der Waals surface area (Å²) in [5, 5.41) is 0.929. The van der Waals surface area contributed by atoms with Crippen LogP contribution in [0.25, 0.3) is 11.0 Å². The van der Waals surface area contributed by atoms with Gasteiger partial charge in [-0.15, -0.1) is 0 Å². The van der Waals surface area contributed by atoms with Gasteiger partial charge < -0.3 is 18.8 Å². The van der Waals surface area contributed by atoms with Crippen molar-refractivity contribution in [1.29, 1.82) is 0 Å². The number of methoxy groups -OCH3 is 1. The zero-order valence-electron chi connectivity index (χ0n) is 15.1. The van der Waals surface area contributed by atoms with E-state index in [0.717, 1.165) is 29.7 Å². The van der Waals surface area contributed by atoms with E-state index < -0.39 is 0 Å². The summed E-state index contributed by atoms with van der Waals surface area (Å²) in [6, 6.07) is 16.9. The highest BCUT2D eigenvalue weighted by molar-refractivity contribution is 5.81. The first-order valence-corrected chi connectivity index (χ1v) is 8.63. The van der Waals surface area contributed by atoms with Gasteiger partial charge in [0.15, 0.2) is 0 Å². The van der Waals surface area contributed by atoms with Gasteiger partial charge in [0.05, 0.1) is 13.7 Å². The Morgan fingerprint density at radius 2 is 1.85 bits per heavy atom. The Balaban J connectivity index is 1.60. The van der Waals surface area contributed by atoms with Crippen LogP contribution in [0.4, 0.5) is 0 Å². The van der Waals surface area contributed by atoms with Crippen LogP contribution in [0.5, 0.6) is 11.5 Å². The van der Waals surface area contributed by atoms with E-state index in [4.69, 9.17) is 13.9 Å². The predicted octanol–water partition coefficient (Wildman–Crippen LogP) is 3.70. The molecule has 1 aromatic heterocycles. The van der Waals surface area contributed by atoms with Crippen molar-refractivity contribution in [2.24, 2.45) is 0 Å². The fraction of sp³-hybridized carbons (Fsp3) is 0.286. The number of hydrogen-bond acceptors (Lipinski definition) is 5. The molecule has 0 atom stereocenters. The van der Waals surface area contributed by atoms with Crippen LogP contribution in [0.3, 0.4) is 0 Å². The molecule has 0 unspecified atom stereocenters. The number of ether oxygens (including phenoxy) is 2. The average molecular weight is 353 g/mol. The Labute approximate surface area is 152 Å². The molecule has 0 aliphatic rings. The Bertz CT molecular complexity index is 905. The van der Waals surface area contributed by atoms with Crippen molar-refractivity contribution in [2.75, 3.05) is 27.3 Å². The summed E-state index contributed by atoms with van der Waals surface area (Å²) in [6.07, 6.45) is 0.901. The smallest absolute Gasteiger partial charge is 0.336 e. The van der Waals surface area contributed by atoms with Crippen LogP contribution in [0.1, 0.15) is 12.0 Å². The van der Waals surface area contributed by atoms with Crippen LogP contribution in [0.15, 0.2) is 63.8 Å². The van der Waals surface area contributed by atoms with E-state index in [1.807, 2.05) is 49.5 Å². The minimum atomic E-state index is -0.346. The molecular weight excluding hydrogens is 330 g/mol. The summed E-state index contributed by atoms with van der Waals surface area (Å²) < 4.78 is 16.2. The van der Waals surface area contributed by atoms with Gasteiger partial charge in [-0.1, -0.05) is 18.2 Å². The molecule has 0 bridgehead atoms. The largest absolute Gasteiger partial charge is 0.497 e. The monoisotopic (exact) mass is 353 g/mol. The summed E-state index contributed by atoms with van der Waals surface area (Å²) in [4.78, 5) is 14.0. The fourth-order valence-corrected chi connectivity index (χ4v) is 2.88. The van der Waals surface area contributed by atoms with Crippen molar-refractivity contribution >= 4 is 11.0 Å². The lowest BCUT2D eigenvalue weighted by Gasteiger charge is -2.17. The maximum atomic E-state index is 11.9. The predicted molar refractivity (Wildman–Crippen MR) is 102 cm³/mol. The van der Waals surface area contributed by atoms with Gasteiger partial charge in [-0.2, -0.15) is 0 Å². The van der Waals surface area contributed by atoms with Crippen LogP contribution < -0.4 is 15.1 Å². The number of rotatable bonds is 8. The summed E-state index contributed by atoms with van der Waals surface area (Å²) in [7, 11) is 3.63. The van der Waals surface area contributed by atoms with Crippen LogP contribution in [0, 0.1) is 0 Å². The molecule has 0 fully saturated rings. The van der Waals surface area contributed by atoms with Gasteiger partial charge in [0, 0.05) is 30.6 Å². The van der Waals surface area contributed by atoms with Gasteiger partial charge in [-0.3, -0.25) is 0 Å². The number of nitrogens with zero attached hydrogens (tertiary/aromatic N) is 1. The van der Waals surface area contributed by atoms with Crippen molar-refractivity contribution in [3.05, 3.63) is 70.6 Å². The third kappa shape index (κ3) is 4.64. The minimum Gasteiger partial charge on any atom is -0.497 e. The van der Waals surface area contributed by atoms with E-state index in [2.05, 4.69) is 4.90 Å². The summed E-state index contributed by atoms with van der Waals surface area (Å²) >= 11 is 0. The number of para-hydroxylation sites is 1. The van der Waals surface area contributed by atoms with Crippen LogP contribution in [-0.2, 0) is 6.54 Å². The lowest BCUT2D eigenvalue weighted by Crippen LogP contribution is -2.21. The Morgan fingerprint density at radius 3 is 2.62 bits per heavy atom. The molecule has 1 heterocycles. The van der Waals surface area contributed by atoms with Crippen molar-refractivity contribution < 1.29 is 13.9 Å². The van der Waals surface area contributed by atoms with E-state index >= 15 is 0 Å². The van der Waals surface area contributed by atoms with E-state index in [-0.39, 0.29) is 5.63 Å². The molecule has 0 saturated carbocycles. The lowest BCUT2D eigenvalue weighted by atomic mass is 10.1. The first-order valence-electron chi connectivity index (χ1n) is 8.63. The highest BCUT2D eigenvalue weighted by atomic mass is 16.5.